The van der Waals surface area contributed by atoms with Crippen LogP contribution in [0.5, 0.6) is 0 Å². The quantitative estimate of drug-likeness (QED) is 0.676. The summed E-state index contributed by atoms with van der Waals surface area (Å²) in [4.78, 5) is 24.8. The highest BCUT2D eigenvalue weighted by Crippen LogP contribution is 2.15. The zero-order valence-corrected chi connectivity index (χ0v) is 10.4. The minimum Gasteiger partial charge on any atom is -0.367 e. The van der Waals surface area contributed by atoms with Gasteiger partial charge in [-0.05, 0) is 13.3 Å². The Kier molecular flexibility index (Phi) is 4.47. The number of ether oxygens (including phenoxy) is 1. The van der Waals surface area contributed by atoms with Gasteiger partial charge in [-0.25, -0.2) is 0 Å². The van der Waals surface area contributed by atoms with E-state index in [1.54, 1.807) is 11.8 Å². The van der Waals surface area contributed by atoms with Crippen molar-refractivity contribution in [2.75, 3.05) is 19.7 Å². The zero-order valence-electron chi connectivity index (χ0n) is 10.4. The molecule has 2 amide bonds. The van der Waals surface area contributed by atoms with Gasteiger partial charge < -0.3 is 21.1 Å². The number of carbonyl (C=O) groups is 2. The number of hydrogen-bond acceptors (Lipinski definition) is 4. The lowest BCUT2D eigenvalue weighted by molar-refractivity contribution is -0.149. The van der Waals surface area contributed by atoms with Crippen molar-refractivity contribution < 1.29 is 14.3 Å². The minimum absolute atomic E-state index is 0.145. The zero-order chi connectivity index (χ0) is 13.1. The molecule has 2 atom stereocenters. The summed E-state index contributed by atoms with van der Waals surface area (Å²) in [5, 5.41) is 0. The molecule has 0 radical (unpaired) electrons. The summed E-state index contributed by atoms with van der Waals surface area (Å²) in [6, 6.07) is 0. The molecule has 0 aromatic carbocycles. The van der Waals surface area contributed by atoms with Crippen molar-refractivity contribution in [1.29, 1.82) is 0 Å². The summed E-state index contributed by atoms with van der Waals surface area (Å²) in [7, 11) is 0. The number of hydrogen-bond donors (Lipinski definition) is 2. The first-order valence-electron chi connectivity index (χ1n) is 5.87. The smallest absolute Gasteiger partial charge is 0.248 e. The first-order valence-corrected chi connectivity index (χ1v) is 5.87. The Morgan fingerprint density at radius 1 is 1.53 bits per heavy atom. The van der Waals surface area contributed by atoms with Crippen molar-refractivity contribution in [3.63, 3.8) is 0 Å². The number of morpholine rings is 1. The predicted octanol–water partition coefficient (Wildman–Crippen LogP) is -0.783. The van der Waals surface area contributed by atoms with Gasteiger partial charge in [0.15, 0.2) is 6.10 Å². The first kappa shape index (κ1) is 13.9. The summed E-state index contributed by atoms with van der Waals surface area (Å²) in [6.45, 7) is 4.67. The van der Waals surface area contributed by atoms with Gasteiger partial charge in [0.1, 0.15) is 0 Å². The summed E-state index contributed by atoms with van der Waals surface area (Å²) < 4.78 is 5.18. The third kappa shape index (κ3) is 3.41. The largest absolute Gasteiger partial charge is 0.367 e. The van der Waals surface area contributed by atoms with Crippen LogP contribution in [0.4, 0.5) is 0 Å². The fraction of sp³-hybridized carbons (Fsp3) is 0.818. The summed E-state index contributed by atoms with van der Waals surface area (Å²) in [5.41, 5.74) is 10.3. The lowest BCUT2D eigenvalue weighted by atomic mass is 9.95. The van der Waals surface area contributed by atoms with Gasteiger partial charge >= 0.3 is 0 Å². The van der Waals surface area contributed by atoms with Gasteiger partial charge in [0.05, 0.1) is 18.7 Å². The van der Waals surface area contributed by atoms with Crippen LogP contribution in [0.2, 0.25) is 0 Å². The lowest BCUT2D eigenvalue weighted by Crippen LogP contribution is -2.58. The molecule has 98 valence electrons. The number of primary amides is 1. The second-order valence-corrected chi connectivity index (χ2v) is 4.68. The summed E-state index contributed by atoms with van der Waals surface area (Å²) in [6.07, 6.45) is 0.734. The number of nitrogens with zero attached hydrogens (tertiary/aromatic N) is 1. The number of nitrogens with two attached hydrogens (primary N) is 2. The van der Waals surface area contributed by atoms with Crippen molar-refractivity contribution in [3.05, 3.63) is 0 Å². The molecule has 2 unspecified atom stereocenters. The van der Waals surface area contributed by atoms with Gasteiger partial charge in [0.25, 0.3) is 0 Å². The van der Waals surface area contributed by atoms with E-state index >= 15 is 0 Å². The molecule has 0 bridgehead atoms. The lowest BCUT2D eigenvalue weighted by Gasteiger charge is -2.36. The highest BCUT2D eigenvalue weighted by molar-refractivity contribution is 5.87. The van der Waals surface area contributed by atoms with Crippen LogP contribution in [0, 0.1) is 0 Å². The monoisotopic (exact) mass is 243 g/mol. The van der Waals surface area contributed by atoms with E-state index < -0.39 is 17.6 Å². The van der Waals surface area contributed by atoms with E-state index in [4.69, 9.17) is 16.2 Å². The van der Waals surface area contributed by atoms with Crippen LogP contribution in [0.1, 0.15) is 26.7 Å². The predicted molar refractivity (Wildman–Crippen MR) is 63.0 cm³/mol. The highest BCUT2D eigenvalue weighted by atomic mass is 16.5. The SMILES string of the molecule is CCCC(C)(N)C(=O)N1CCOC(C(N)=O)C1. The number of carbonyl (C=O) groups excluding carboxylic acids is 2. The van der Waals surface area contributed by atoms with E-state index in [2.05, 4.69) is 0 Å². The minimum atomic E-state index is -0.881. The van der Waals surface area contributed by atoms with Crippen LogP contribution >= 0.6 is 0 Å². The highest BCUT2D eigenvalue weighted by Gasteiger charge is 2.35. The first-order chi connectivity index (χ1) is 7.88. The van der Waals surface area contributed by atoms with E-state index in [-0.39, 0.29) is 12.5 Å². The Balaban J connectivity index is 2.66. The van der Waals surface area contributed by atoms with E-state index in [1.165, 1.54) is 0 Å². The molecular formula is C11H21N3O3. The molecule has 1 saturated heterocycles. The van der Waals surface area contributed by atoms with Crippen LogP contribution < -0.4 is 11.5 Å². The maximum absolute atomic E-state index is 12.2. The molecule has 0 saturated carbocycles. The molecule has 0 spiro atoms. The molecule has 17 heavy (non-hydrogen) atoms. The molecule has 0 aromatic heterocycles. The van der Waals surface area contributed by atoms with Gasteiger partial charge in [-0.2, -0.15) is 0 Å². The van der Waals surface area contributed by atoms with Crippen molar-refractivity contribution in [2.45, 2.75) is 38.3 Å². The van der Waals surface area contributed by atoms with Gasteiger partial charge in [0, 0.05) is 6.54 Å². The van der Waals surface area contributed by atoms with Crippen molar-refractivity contribution in [3.8, 4) is 0 Å². The average molecular weight is 243 g/mol. The molecule has 1 rings (SSSR count). The van der Waals surface area contributed by atoms with Gasteiger partial charge in [-0.3, -0.25) is 9.59 Å². The topological polar surface area (TPSA) is 98.7 Å². The molecular weight excluding hydrogens is 222 g/mol. The van der Waals surface area contributed by atoms with E-state index in [1.807, 2.05) is 6.92 Å². The summed E-state index contributed by atoms with van der Waals surface area (Å²) in [5.74, 6) is -0.689. The van der Waals surface area contributed by atoms with E-state index in [9.17, 15) is 9.59 Å². The molecule has 1 fully saturated rings. The van der Waals surface area contributed by atoms with Crippen LogP contribution in [0.25, 0.3) is 0 Å². The second-order valence-electron chi connectivity index (χ2n) is 4.68. The van der Waals surface area contributed by atoms with Gasteiger partial charge in [-0.1, -0.05) is 13.3 Å². The molecule has 6 nitrogen and oxygen atoms in total. The molecule has 1 aliphatic rings. The Hall–Kier alpha value is -1.14. The Bertz CT molecular complexity index is 304. The summed E-state index contributed by atoms with van der Waals surface area (Å²) >= 11 is 0. The van der Waals surface area contributed by atoms with Crippen molar-refractivity contribution in [2.24, 2.45) is 11.5 Å². The Morgan fingerprint density at radius 2 is 2.18 bits per heavy atom. The van der Waals surface area contributed by atoms with Gasteiger partial charge in [-0.15, -0.1) is 0 Å². The number of rotatable bonds is 4. The van der Waals surface area contributed by atoms with Crippen LogP contribution in [-0.2, 0) is 14.3 Å². The maximum atomic E-state index is 12.2. The molecule has 0 aromatic rings. The fourth-order valence-electron chi connectivity index (χ4n) is 1.99. The molecule has 4 N–H and O–H groups in total. The standard InChI is InChI=1S/C11H21N3O3/c1-3-4-11(2,13)10(16)14-5-6-17-8(7-14)9(12)15/h8H,3-7,13H2,1-2H3,(H2,12,15). The van der Waals surface area contributed by atoms with Crippen molar-refractivity contribution >= 4 is 11.8 Å². The molecule has 6 heteroatoms. The molecule has 1 heterocycles. The fourth-order valence-corrected chi connectivity index (χ4v) is 1.99. The molecule has 0 aliphatic carbocycles. The van der Waals surface area contributed by atoms with Gasteiger partial charge in [0.2, 0.25) is 11.8 Å². The normalized spacial score (nSPS) is 24.2. The van der Waals surface area contributed by atoms with E-state index in [0.717, 1.165) is 6.42 Å². The van der Waals surface area contributed by atoms with Crippen LogP contribution in [0.15, 0.2) is 0 Å². The third-order valence-corrected chi connectivity index (χ3v) is 2.93. The van der Waals surface area contributed by atoms with E-state index in [0.29, 0.717) is 19.6 Å². The average Bonchev–Trinajstić information content (AvgIpc) is 2.28. The Morgan fingerprint density at radius 3 is 2.71 bits per heavy atom. The Labute approximate surface area is 101 Å². The third-order valence-electron chi connectivity index (χ3n) is 2.93. The van der Waals surface area contributed by atoms with Crippen molar-refractivity contribution in [1.82, 2.24) is 4.90 Å². The maximum Gasteiger partial charge on any atom is 0.248 e. The van der Waals surface area contributed by atoms with Crippen LogP contribution in [0.3, 0.4) is 0 Å². The molecule has 1 aliphatic heterocycles. The number of amides is 2. The second kappa shape index (κ2) is 5.46. The van der Waals surface area contributed by atoms with Crippen LogP contribution in [-0.4, -0.2) is 48.1 Å².